The van der Waals surface area contributed by atoms with E-state index in [2.05, 4.69) is 55.2 Å². The molecule has 0 bridgehead atoms. The molecule has 0 aliphatic carbocycles. The Morgan fingerprint density at radius 3 is 1.59 bits per heavy atom. The van der Waals surface area contributed by atoms with Gasteiger partial charge < -0.3 is 74.4 Å². The summed E-state index contributed by atoms with van der Waals surface area (Å²) < 4.78 is 0. The van der Waals surface area contributed by atoms with E-state index in [0.717, 1.165) is 5.56 Å². The van der Waals surface area contributed by atoms with Crippen molar-refractivity contribution in [2.75, 3.05) is 18.8 Å². The molecule has 0 radical (unpaired) electrons. The second-order valence-electron chi connectivity index (χ2n) is 18.8. The lowest BCUT2D eigenvalue weighted by Crippen LogP contribution is -2.62. The third-order valence-electron chi connectivity index (χ3n) is 12.5. The number of aliphatic hydroxyl groups excluding tert-OH is 1. The first kappa shape index (κ1) is 64.7. The number of benzene rings is 3. The zero-order chi connectivity index (χ0) is 57.9. The predicted molar refractivity (Wildman–Crippen MR) is 289 cm³/mol. The highest BCUT2D eigenvalue weighted by molar-refractivity contribution is 7.80. The number of amides is 8. The number of aliphatic hydroxyl groups is 1. The van der Waals surface area contributed by atoms with Crippen LogP contribution in [0.1, 0.15) is 76.0 Å². The van der Waals surface area contributed by atoms with Crippen molar-refractivity contribution in [1.82, 2.24) is 42.5 Å². The van der Waals surface area contributed by atoms with Crippen molar-refractivity contribution in [1.29, 1.82) is 0 Å². The number of carbonyl (C=O) groups is 10. The highest BCUT2D eigenvalue weighted by atomic mass is 32.1. The third kappa shape index (κ3) is 22.5. The van der Waals surface area contributed by atoms with E-state index in [0.29, 0.717) is 36.9 Å². The number of unbranched alkanes of at least 4 members (excludes halogenated alkanes) is 1. The fraction of sp³-hybridized carbons (Fsp3) is 0.472. The Kier molecular flexibility index (Phi) is 27.8. The lowest BCUT2D eigenvalue weighted by molar-refractivity contribution is -0.142. The highest BCUT2D eigenvalue weighted by Gasteiger charge is 2.36. The van der Waals surface area contributed by atoms with Crippen LogP contribution in [-0.2, 0) is 67.2 Å². The van der Waals surface area contributed by atoms with Gasteiger partial charge in [0.15, 0.2) is 0 Å². The Bertz CT molecular complexity index is 2470. The number of phenols is 1. The number of nitrogens with two attached hydrogens (primary N) is 2. The van der Waals surface area contributed by atoms with Gasteiger partial charge in [-0.2, -0.15) is 12.6 Å². The average Bonchev–Trinajstić information content (AvgIpc) is 3.41. The van der Waals surface area contributed by atoms with E-state index in [4.69, 9.17) is 11.5 Å². The number of hydrogen-bond acceptors (Lipinski definition) is 15. The minimum absolute atomic E-state index is 0.0408. The van der Waals surface area contributed by atoms with Crippen molar-refractivity contribution in [3.63, 3.8) is 0 Å². The van der Waals surface area contributed by atoms with Crippen molar-refractivity contribution in [3.8, 4) is 5.75 Å². The van der Waals surface area contributed by atoms with Gasteiger partial charge in [0.05, 0.1) is 18.7 Å². The molecule has 8 amide bonds. The summed E-state index contributed by atoms with van der Waals surface area (Å²) in [5.74, 6) is -10.8. The number of carboxylic acid groups (broad SMARTS) is 2. The molecule has 0 saturated carbocycles. The molecule has 0 heterocycles. The van der Waals surface area contributed by atoms with Gasteiger partial charge in [-0.15, -0.1) is 0 Å². The van der Waals surface area contributed by atoms with Gasteiger partial charge in [0.25, 0.3) is 0 Å². The Balaban J connectivity index is 1.72. The van der Waals surface area contributed by atoms with Gasteiger partial charge in [0.1, 0.15) is 48.0 Å². The van der Waals surface area contributed by atoms with Gasteiger partial charge in [0.2, 0.25) is 47.3 Å². The van der Waals surface area contributed by atoms with Gasteiger partial charge in [-0.05, 0) is 80.3 Å². The van der Waals surface area contributed by atoms with E-state index >= 15 is 0 Å². The van der Waals surface area contributed by atoms with Crippen LogP contribution in [0.2, 0.25) is 0 Å². The molecule has 0 unspecified atom stereocenters. The van der Waals surface area contributed by atoms with Crippen molar-refractivity contribution in [3.05, 3.63) is 102 Å². The van der Waals surface area contributed by atoms with E-state index in [1.807, 2.05) is 0 Å². The first-order valence-electron chi connectivity index (χ1n) is 25.5. The third-order valence-corrected chi connectivity index (χ3v) is 12.9. The fourth-order valence-electron chi connectivity index (χ4n) is 7.80. The van der Waals surface area contributed by atoms with Crippen molar-refractivity contribution < 1.29 is 68.4 Å². The number of carboxylic acids is 2. The minimum atomic E-state index is -1.76. The molecular formula is C53H74N10O14S. The van der Waals surface area contributed by atoms with E-state index in [9.17, 15) is 68.4 Å². The van der Waals surface area contributed by atoms with E-state index < -0.39 is 139 Å². The van der Waals surface area contributed by atoms with Gasteiger partial charge >= 0.3 is 11.9 Å². The Morgan fingerprint density at radius 1 is 0.551 bits per heavy atom. The number of aromatic hydroxyl groups is 1. The van der Waals surface area contributed by atoms with Crippen molar-refractivity contribution >= 4 is 71.8 Å². The molecule has 16 N–H and O–H groups in total. The van der Waals surface area contributed by atoms with E-state index in [1.54, 1.807) is 74.5 Å². The van der Waals surface area contributed by atoms with Crippen LogP contribution < -0.4 is 54.0 Å². The number of phenolic OH excluding ortho intramolecular Hbond substituents is 1. The number of aliphatic carboxylic acids is 2. The van der Waals surface area contributed by atoms with Crippen LogP contribution in [0.5, 0.6) is 5.75 Å². The van der Waals surface area contributed by atoms with Gasteiger partial charge in [-0.1, -0.05) is 93.1 Å². The molecule has 78 heavy (non-hydrogen) atoms. The minimum Gasteiger partial charge on any atom is -0.508 e. The molecule has 3 rings (SSSR count). The number of nitrogens with one attached hydrogen (secondary N) is 8. The molecule has 0 saturated heterocycles. The molecule has 25 heteroatoms. The Labute approximate surface area is 457 Å². The zero-order valence-electron chi connectivity index (χ0n) is 43.8. The SMILES string of the molecule is CC[C@H](C)[C@H](NC(=O)[C@H](Cc1ccccc1)NC(=O)[C@@H](NC(=O)[C@H](CS)NC(=O)CNC(=O)[C@H](CCC(=O)O)NC(=O)[C@H](CCCCN)NC(=O)[C@@H](N)Cc1ccccc1)[C@@H](C)O)C(=O)N[C@@H](Cc1ccc(O)cc1)C(=O)O. The van der Waals surface area contributed by atoms with Crippen molar-refractivity contribution in [2.45, 2.75) is 133 Å². The maximum Gasteiger partial charge on any atom is 0.326 e. The molecule has 0 aliphatic rings. The average molecular weight is 1110 g/mol. The molecule has 0 fully saturated rings. The second-order valence-corrected chi connectivity index (χ2v) is 19.1. The Morgan fingerprint density at radius 2 is 1.04 bits per heavy atom. The maximum atomic E-state index is 14.2. The number of rotatable bonds is 34. The smallest absolute Gasteiger partial charge is 0.326 e. The topological polar surface area (TPSA) is 400 Å². The summed E-state index contributed by atoms with van der Waals surface area (Å²) in [6.07, 6.45) is -1.41. The maximum absolute atomic E-state index is 14.2. The molecule has 426 valence electrons. The van der Waals surface area contributed by atoms with E-state index in [1.165, 1.54) is 31.2 Å². The number of thiol groups is 1. The monoisotopic (exact) mass is 1110 g/mol. The molecule has 24 nitrogen and oxygen atoms in total. The summed E-state index contributed by atoms with van der Waals surface area (Å²) in [7, 11) is 0. The molecule has 3 aromatic carbocycles. The summed E-state index contributed by atoms with van der Waals surface area (Å²) >= 11 is 4.16. The van der Waals surface area contributed by atoms with Gasteiger partial charge in [-0.3, -0.25) is 43.2 Å². The summed E-state index contributed by atoms with van der Waals surface area (Å²) in [6, 6.07) is 11.9. The largest absolute Gasteiger partial charge is 0.508 e. The first-order valence-corrected chi connectivity index (χ1v) is 26.1. The molecule has 0 spiro atoms. The van der Waals surface area contributed by atoms with Crippen LogP contribution in [0.3, 0.4) is 0 Å². The lowest BCUT2D eigenvalue weighted by atomic mass is 9.96. The predicted octanol–water partition coefficient (Wildman–Crippen LogP) is -1.31. The van der Waals surface area contributed by atoms with Crippen LogP contribution in [0, 0.1) is 5.92 Å². The summed E-state index contributed by atoms with van der Waals surface area (Å²) in [5, 5.41) is 59.6. The van der Waals surface area contributed by atoms with Crippen LogP contribution in [0.15, 0.2) is 84.9 Å². The fourth-order valence-corrected chi connectivity index (χ4v) is 8.06. The standard InChI is InChI=1S/C53H74N10O14S/c1-4-30(2)44(51(74)61-40(53(76)77)27-34-18-20-35(65)21-19-34)62-49(72)39(26-33-15-9-6-10-16-33)60-52(75)45(31(3)64)63-50(73)41(29-78)57-42(66)28-56-47(70)38(22-23-43(67)68)59-48(71)37(17-11-12-24-54)58-46(69)36(55)25-32-13-7-5-8-14-32/h5-10,13-16,18-21,30-31,36-41,44-45,64-65,78H,4,11-12,17,22-29,54-55H2,1-3H3,(H,56,70)(H,57,66)(H,58,69)(H,59,71)(H,60,75)(H,61,74)(H,62,72)(H,63,73)(H,67,68)(H,76,77)/t30-,31+,36-,37-,38-,39-,40-,41-,44-,45-/m0/s1. The lowest BCUT2D eigenvalue weighted by Gasteiger charge is -2.29. The van der Waals surface area contributed by atoms with Crippen LogP contribution in [0.4, 0.5) is 0 Å². The van der Waals surface area contributed by atoms with Gasteiger partial charge in [-0.25, -0.2) is 4.79 Å². The first-order chi connectivity index (χ1) is 37.1. The van der Waals surface area contributed by atoms with Crippen LogP contribution in [-0.4, -0.2) is 153 Å². The van der Waals surface area contributed by atoms with Gasteiger partial charge in [0, 0.05) is 25.0 Å². The number of hydrogen-bond donors (Lipinski definition) is 15. The highest BCUT2D eigenvalue weighted by Crippen LogP contribution is 2.15. The summed E-state index contributed by atoms with van der Waals surface area (Å²) in [6.45, 7) is 4.07. The van der Waals surface area contributed by atoms with Crippen LogP contribution in [0.25, 0.3) is 0 Å². The molecular weight excluding hydrogens is 1030 g/mol. The summed E-state index contributed by atoms with van der Waals surface area (Å²) in [5.41, 5.74) is 13.6. The van der Waals surface area contributed by atoms with E-state index in [-0.39, 0.29) is 37.2 Å². The molecule has 3 aromatic rings. The molecule has 10 atom stereocenters. The normalized spacial score (nSPS) is 14.9. The zero-order valence-corrected chi connectivity index (χ0v) is 44.7. The quantitative estimate of drug-likeness (QED) is 0.0244. The summed E-state index contributed by atoms with van der Waals surface area (Å²) in [4.78, 5) is 133. The molecule has 0 aliphatic heterocycles. The second kappa shape index (κ2) is 33.5. The Hall–Kier alpha value is -7.61. The molecule has 0 aromatic heterocycles. The van der Waals surface area contributed by atoms with Crippen molar-refractivity contribution in [2.24, 2.45) is 17.4 Å². The number of carbonyl (C=O) groups excluding carboxylic acids is 8. The van der Waals surface area contributed by atoms with Crippen LogP contribution >= 0.6 is 12.6 Å².